The number of methoxy groups -OCH3 is 1. The molecule has 1 aliphatic rings. The molecule has 0 atom stereocenters. The number of aryl methyl sites for hydroxylation is 2. The quantitative estimate of drug-likeness (QED) is 0.412. The van der Waals surface area contributed by atoms with Crippen molar-refractivity contribution < 1.29 is 14.3 Å². The predicted octanol–water partition coefficient (Wildman–Crippen LogP) is 4.89. The number of esters is 1. The number of aromatic nitrogens is 2. The molecule has 0 saturated heterocycles. The Kier molecular flexibility index (Phi) is 5.39. The van der Waals surface area contributed by atoms with Crippen LogP contribution in [-0.4, -0.2) is 29.0 Å². The van der Waals surface area contributed by atoms with Gasteiger partial charge in [0.15, 0.2) is 0 Å². The zero-order valence-electron chi connectivity index (χ0n) is 18.4. The summed E-state index contributed by atoms with van der Waals surface area (Å²) in [4.78, 5) is 11.6. The van der Waals surface area contributed by atoms with Crippen molar-refractivity contribution in [2.24, 2.45) is 7.05 Å². The number of carbonyl (C=O) groups is 1. The number of fused-ring (bicyclic) bond motifs is 2. The van der Waals surface area contributed by atoms with Gasteiger partial charge in [-0.2, -0.15) is 5.10 Å². The number of ether oxygens (including phenoxy) is 2. The van der Waals surface area contributed by atoms with Gasteiger partial charge in [0.05, 0.1) is 18.8 Å². The zero-order chi connectivity index (χ0) is 22.1. The molecule has 32 heavy (non-hydrogen) atoms. The normalized spacial score (nSPS) is 13.3. The molecule has 5 nitrogen and oxygen atoms in total. The largest absolute Gasteiger partial charge is 0.489 e. The number of hydrogen-bond acceptors (Lipinski definition) is 4. The Morgan fingerprint density at radius 2 is 1.84 bits per heavy atom. The second kappa shape index (κ2) is 8.50. The van der Waals surface area contributed by atoms with Crippen molar-refractivity contribution in [1.82, 2.24) is 9.78 Å². The summed E-state index contributed by atoms with van der Waals surface area (Å²) in [5, 5.41) is 5.46. The molecular formula is C27H26N2O3. The molecule has 1 heterocycles. The fourth-order valence-electron chi connectivity index (χ4n) is 4.52. The lowest BCUT2D eigenvalue weighted by Crippen LogP contribution is -2.16. The van der Waals surface area contributed by atoms with Gasteiger partial charge < -0.3 is 9.47 Å². The maximum absolute atomic E-state index is 11.6. The molecule has 0 unspecified atom stereocenters. The molecule has 3 aromatic carbocycles. The highest BCUT2D eigenvalue weighted by Gasteiger charge is 2.23. The molecular weight excluding hydrogens is 400 g/mol. The van der Waals surface area contributed by atoms with Crippen LogP contribution >= 0.6 is 0 Å². The van der Waals surface area contributed by atoms with E-state index in [1.54, 1.807) is 0 Å². The molecule has 1 aromatic heterocycles. The van der Waals surface area contributed by atoms with Gasteiger partial charge in [0.2, 0.25) is 0 Å². The Morgan fingerprint density at radius 1 is 1.06 bits per heavy atom. The number of carbonyl (C=O) groups excluding carboxylic acids is 1. The SMILES string of the molecule is COC(=O)CCc1ccc(OC2Cc3ccccc3C2)c(-c2ccc3c(cnn3C)c2)c1. The Morgan fingerprint density at radius 3 is 2.59 bits per heavy atom. The van der Waals surface area contributed by atoms with Crippen LogP contribution in [0.15, 0.2) is 66.9 Å². The number of benzene rings is 3. The molecule has 0 radical (unpaired) electrons. The molecule has 0 saturated carbocycles. The summed E-state index contributed by atoms with van der Waals surface area (Å²) in [6.45, 7) is 0. The Labute approximate surface area is 187 Å². The molecule has 0 spiro atoms. The second-order valence-corrected chi connectivity index (χ2v) is 8.37. The molecule has 5 rings (SSSR count). The minimum Gasteiger partial charge on any atom is -0.489 e. The van der Waals surface area contributed by atoms with Gasteiger partial charge in [-0.25, -0.2) is 0 Å². The first-order valence-electron chi connectivity index (χ1n) is 11.0. The van der Waals surface area contributed by atoms with E-state index in [1.807, 2.05) is 30.1 Å². The summed E-state index contributed by atoms with van der Waals surface area (Å²) in [6.07, 6.45) is 4.82. The van der Waals surface area contributed by atoms with Crippen molar-refractivity contribution in [3.8, 4) is 16.9 Å². The lowest BCUT2D eigenvalue weighted by molar-refractivity contribution is -0.140. The van der Waals surface area contributed by atoms with Crippen LogP contribution in [0.25, 0.3) is 22.0 Å². The second-order valence-electron chi connectivity index (χ2n) is 8.37. The van der Waals surface area contributed by atoms with E-state index >= 15 is 0 Å². The predicted molar refractivity (Wildman–Crippen MR) is 125 cm³/mol. The zero-order valence-corrected chi connectivity index (χ0v) is 18.4. The van der Waals surface area contributed by atoms with Gasteiger partial charge in [0, 0.05) is 37.3 Å². The van der Waals surface area contributed by atoms with Crippen LogP contribution in [-0.2, 0) is 35.8 Å². The third-order valence-corrected chi connectivity index (χ3v) is 6.25. The van der Waals surface area contributed by atoms with Crippen LogP contribution in [0.2, 0.25) is 0 Å². The summed E-state index contributed by atoms with van der Waals surface area (Å²) in [5.41, 5.74) is 7.02. The minimum atomic E-state index is -0.202. The van der Waals surface area contributed by atoms with Crippen LogP contribution < -0.4 is 4.74 Å². The van der Waals surface area contributed by atoms with Crippen molar-refractivity contribution in [1.29, 1.82) is 0 Å². The Balaban J connectivity index is 1.48. The van der Waals surface area contributed by atoms with E-state index in [2.05, 4.69) is 53.6 Å². The van der Waals surface area contributed by atoms with Crippen LogP contribution in [0.3, 0.4) is 0 Å². The molecule has 0 aliphatic heterocycles. The number of nitrogens with zero attached hydrogens (tertiary/aromatic N) is 2. The molecule has 0 N–H and O–H groups in total. The molecule has 0 amide bonds. The fourth-order valence-corrected chi connectivity index (χ4v) is 4.52. The first-order valence-corrected chi connectivity index (χ1v) is 11.0. The van der Waals surface area contributed by atoms with E-state index in [0.717, 1.165) is 46.2 Å². The Bertz CT molecular complexity index is 1270. The molecule has 4 aromatic rings. The van der Waals surface area contributed by atoms with Crippen molar-refractivity contribution >= 4 is 16.9 Å². The fraction of sp³-hybridized carbons (Fsp3) is 0.259. The third-order valence-electron chi connectivity index (χ3n) is 6.25. The van der Waals surface area contributed by atoms with E-state index in [0.29, 0.717) is 12.8 Å². The average Bonchev–Trinajstić information content (AvgIpc) is 3.40. The van der Waals surface area contributed by atoms with Crippen molar-refractivity contribution in [3.05, 3.63) is 83.6 Å². The van der Waals surface area contributed by atoms with Crippen molar-refractivity contribution in [2.45, 2.75) is 31.8 Å². The maximum Gasteiger partial charge on any atom is 0.305 e. The van der Waals surface area contributed by atoms with E-state index in [-0.39, 0.29) is 12.1 Å². The monoisotopic (exact) mass is 426 g/mol. The average molecular weight is 427 g/mol. The topological polar surface area (TPSA) is 53.4 Å². The highest BCUT2D eigenvalue weighted by atomic mass is 16.5. The molecule has 5 heteroatoms. The van der Waals surface area contributed by atoms with Gasteiger partial charge >= 0.3 is 5.97 Å². The van der Waals surface area contributed by atoms with Crippen LogP contribution in [0.4, 0.5) is 0 Å². The molecule has 0 bridgehead atoms. The third kappa shape index (κ3) is 3.98. The van der Waals surface area contributed by atoms with E-state index in [1.165, 1.54) is 18.2 Å². The highest BCUT2D eigenvalue weighted by molar-refractivity contribution is 5.86. The maximum atomic E-state index is 11.6. The molecule has 0 fully saturated rings. The summed E-state index contributed by atoms with van der Waals surface area (Å²) in [5.74, 6) is 0.667. The van der Waals surface area contributed by atoms with Gasteiger partial charge in [-0.05, 0) is 52.9 Å². The standard InChI is InChI=1S/C27H26N2O3/c1-29-25-10-9-21(14-22(25)17-28-29)24-13-18(8-12-27(30)31-2)7-11-26(24)32-23-15-19-5-3-4-6-20(19)16-23/h3-7,9-11,13-14,17,23H,8,12,15-16H2,1-2H3. The van der Waals surface area contributed by atoms with E-state index in [9.17, 15) is 4.79 Å². The lowest BCUT2D eigenvalue weighted by Gasteiger charge is -2.18. The summed E-state index contributed by atoms with van der Waals surface area (Å²) in [7, 11) is 3.37. The van der Waals surface area contributed by atoms with Gasteiger partial charge in [0.1, 0.15) is 11.9 Å². The smallest absolute Gasteiger partial charge is 0.305 e. The van der Waals surface area contributed by atoms with Crippen LogP contribution in [0.1, 0.15) is 23.1 Å². The number of rotatable bonds is 6. The van der Waals surface area contributed by atoms with Gasteiger partial charge in [0.25, 0.3) is 0 Å². The Hall–Kier alpha value is -3.60. The van der Waals surface area contributed by atoms with Crippen LogP contribution in [0.5, 0.6) is 5.75 Å². The van der Waals surface area contributed by atoms with E-state index < -0.39 is 0 Å². The van der Waals surface area contributed by atoms with Crippen molar-refractivity contribution in [2.75, 3.05) is 7.11 Å². The molecule has 162 valence electrons. The van der Waals surface area contributed by atoms with Gasteiger partial charge in [-0.1, -0.05) is 36.4 Å². The van der Waals surface area contributed by atoms with Gasteiger partial charge in [-0.3, -0.25) is 9.48 Å². The summed E-state index contributed by atoms with van der Waals surface area (Å²) < 4.78 is 13.2. The van der Waals surface area contributed by atoms with E-state index in [4.69, 9.17) is 9.47 Å². The summed E-state index contributed by atoms with van der Waals surface area (Å²) in [6, 6.07) is 21.1. The molecule has 1 aliphatic carbocycles. The number of hydrogen-bond donors (Lipinski definition) is 0. The van der Waals surface area contributed by atoms with Crippen LogP contribution in [0, 0.1) is 0 Å². The first kappa shape index (κ1) is 20.3. The lowest BCUT2D eigenvalue weighted by atomic mass is 9.98. The minimum absolute atomic E-state index is 0.120. The highest BCUT2D eigenvalue weighted by Crippen LogP contribution is 2.36. The van der Waals surface area contributed by atoms with Crippen molar-refractivity contribution in [3.63, 3.8) is 0 Å². The first-order chi connectivity index (χ1) is 15.6. The summed E-state index contributed by atoms with van der Waals surface area (Å²) >= 11 is 0. The van der Waals surface area contributed by atoms with Gasteiger partial charge in [-0.15, -0.1) is 0 Å².